The summed E-state index contributed by atoms with van der Waals surface area (Å²) in [4.78, 5) is 20.1. The quantitative estimate of drug-likeness (QED) is 0.853. The SMILES string of the molecule is Cc1noc([C@@H]2CCO[C@@H]3CCN(C(=O)Cc4cccs4)C[C@@H]32)n1. The highest BCUT2D eigenvalue weighted by Gasteiger charge is 2.42. The van der Waals surface area contributed by atoms with Gasteiger partial charge in [-0.15, -0.1) is 11.3 Å². The maximum Gasteiger partial charge on any atom is 0.230 e. The Labute approximate surface area is 144 Å². The Balaban J connectivity index is 1.48. The molecule has 0 aromatic carbocycles. The zero-order valence-corrected chi connectivity index (χ0v) is 14.5. The van der Waals surface area contributed by atoms with Crippen LogP contribution in [-0.2, 0) is 16.0 Å². The molecule has 0 unspecified atom stereocenters. The molecule has 3 atom stereocenters. The highest BCUT2D eigenvalue weighted by atomic mass is 32.1. The fraction of sp³-hybridized carbons (Fsp3) is 0.588. The van der Waals surface area contributed by atoms with Crippen LogP contribution in [0.15, 0.2) is 22.0 Å². The Morgan fingerprint density at radius 2 is 2.38 bits per heavy atom. The molecule has 0 N–H and O–H groups in total. The van der Waals surface area contributed by atoms with Crippen molar-refractivity contribution in [3.8, 4) is 0 Å². The van der Waals surface area contributed by atoms with Crippen molar-refractivity contribution in [2.75, 3.05) is 19.7 Å². The molecule has 0 aliphatic carbocycles. The third-order valence-corrected chi connectivity index (χ3v) is 5.87. The summed E-state index contributed by atoms with van der Waals surface area (Å²) < 4.78 is 11.4. The third kappa shape index (κ3) is 3.10. The van der Waals surface area contributed by atoms with Gasteiger partial charge in [0.05, 0.1) is 12.5 Å². The standard InChI is InChI=1S/C17H21N3O3S/c1-11-18-17(23-19-11)13-5-7-22-15-4-6-20(10-14(13)15)16(21)9-12-3-2-8-24-12/h2-3,8,13-15H,4-7,9-10H2,1H3/t13-,14-,15-/m1/s1. The first-order chi connectivity index (χ1) is 11.7. The number of carbonyl (C=O) groups excluding carboxylic acids is 1. The number of aromatic nitrogens is 2. The third-order valence-electron chi connectivity index (χ3n) is 4.99. The lowest BCUT2D eigenvalue weighted by Crippen LogP contribution is -2.51. The van der Waals surface area contributed by atoms with Crippen molar-refractivity contribution in [2.45, 2.75) is 38.2 Å². The molecular weight excluding hydrogens is 326 g/mol. The summed E-state index contributed by atoms with van der Waals surface area (Å²) in [6.45, 7) is 4.03. The predicted octanol–water partition coefficient (Wildman–Crippen LogP) is 2.40. The van der Waals surface area contributed by atoms with Crippen LogP contribution in [0.4, 0.5) is 0 Å². The molecule has 2 saturated heterocycles. The minimum absolute atomic E-state index is 0.182. The van der Waals surface area contributed by atoms with E-state index < -0.39 is 0 Å². The summed E-state index contributed by atoms with van der Waals surface area (Å²) in [7, 11) is 0. The van der Waals surface area contributed by atoms with Gasteiger partial charge >= 0.3 is 0 Å². The Bertz CT molecular complexity index is 700. The molecule has 0 bridgehead atoms. The van der Waals surface area contributed by atoms with Crippen molar-refractivity contribution in [1.82, 2.24) is 15.0 Å². The Morgan fingerprint density at radius 3 is 3.12 bits per heavy atom. The van der Waals surface area contributed by atoms with Gasteiger partial charge in [-0.25, -0.2) is 0 Å². The summed E-state index contributed by atoms with van der Waals surface area (Å²) in [5.41, 5.74) is 0. The Kier molecular flexibility index (Phi) is 4.37. The van der Waals surface area contributed by atoms with E-state index in [9.17, 15) is 4.79 Å². The van der Waals surface area contributed by atoms with E-state index in [-0.39, 0.29) is 23.8 Å². The molecule has 4 rings (SSSR count). The molecule has 2 aromatic heterocycles. The first-order valence-electron chi connectivity index (χ1n) is 8.42. The van der Waals surface area contributed by atoms with Crippen molar-refractivity contribution in [1.29, 1.82) is 0 Å². The van der Waals surface area contributed by atoms with E-state index in [2.05, 4.69) is 10.1 Å². The van der Waals surface area contributed by atoms with Crippen LogP contribution >= 0.6 is 11.3 Å². The van der Waals surface area contributed by atoms with Crippen molar-refractivity contribution in [2.24, 2.45) is 5.92 Å². The predicted molar refractivity (Wildman–Crippen MR) is 88.8 cm³/mol. The van der Waals surface area contributed by atoms with Gasteiger partial charge in [0.15, 0.2) is 5.82 Å². The number of rotatable bonds is 3. The molecule has 0 radical (unpaired) electrons. The van der Waals surface area contributed by atoms with Crippen LogP contribution in [-0.4, -0.2) is 46.7 Å². The van der Waals surface area contributed by atoms with Crippen LogP contribution < -0.4 is 0 Å². The van der Waals surface area contributed by atoms with E-state index in [1.165, 1.54) is 0 Å². The summed E-state index contributed by atoms with van der Waals surface area (Å²) >= 11 is 1.63. The normalized spacial score (nSPS) is 27.0. The second-order valence-electron chi connectivity index (χ2n) is 6.53. The van der Waals surface area contributed by atoms with Gasteiger partial charge in [-0.2, -0.15) is 4.98 Å². The van der Waals surface area contributed by atoms with E-state index in [4.69, 9.17) is 9.26 Å². The lowest BCUT2D eigenvalue weighted by molar-refractivity contribution is -0.139. The van der Waals surface area contributed by atoms with Crippen LogP contribution in [0.3, 0.4) is 0 Å². The Morgan fingerprint density at radius 1 is 1.46 bits per heavy atom. The first kappa shape index (κ1) is 15.8. The summed E-state index contributed by atoms with van der Waals surface area (Å²) in [5, 5.41) is 5.94. The number of nitrogens with zero attached hydrogens (tertiary/aromatic N) is 3. The molecule has 128 valence electrons. The summed E-state index contributed by atoms with van der Waals surface area (Å²) in [6.07, 6.45) is 2.42. The van der Waals surface area contributed by atoms with Gasteiger partial charge in [0.2, 0.25) is 11.8 Å². The van der Waals surface area contributed by atoms with Crippen molar-refractivity contribution in [3.63, 3.8) is 0 Å². The van der Waals surface area contributed by atoms with E-state index in [0.29, 0.717) is 24.7 Å². The van der Waals surface area contributed by atoms with Gasteiger partial charge in [-0.05, 0) is 31.2 Å². The Hall–Kier alpha value is -1.73. The number of amides is 1. The van der Waals surface area contributed by atoms with Crippen molar-refractivity contribution in [3.05, 3.63) is 34.1 Å². The van der Waals surface area contributed by atoms with E-state index in [0.717, 1.165) is 30.9 Å². The van der Waals surface area contributed by atoms with E-state index in [1.807, 2.05) is 29.3 Å². The molecule has 2 aliphatic rings. The highest BCUT2D eigenvalue weighted by Crippen LogP contribution is 2.39. The molecule has 2 fully saturated rings. The van der Waals surface area contributed by atoms with Crippen LogP contribution in [0.2, 0.25) is 0 Å². The molecule has 24 heavy (non-hydrogen) atoms. The molecule has 2 aliphatic heterocycles. The molecule has 7 heteroatoms. The van der Waals surface area contributed by atoms with Gasteiger partial charge in [-0.3, -0.25) is 4.79 Å². The van der Waals surface area contributed by atoms with E-state index in [1.54, 1.807) is 11.3 Å². The second kappa shape index (κ2) is 6.64. The van der Waals surface area contributed by atoms with Gasteiger partial charge in [0.25, 0.3) is 0 Å². The zero-order valence-electron chi connectivity index (χ0n) is 13.7. The monoisotopic (exact) mass is 347 g/mol. The van der Waals surface area contributed by atoms with Crippen LogP contribution in [0.1, 0.15) is 35.4 Å². The molecule has 0 saturated carbocycles. The largest absolute Gasteiger partial charge is 0.378 e. The maximum atomic E-state index is 12.6. The van der Waals surface area contributed by atoms with Crippen LogP contribution in [0.5, 0.6) is 0 Å². The number of likely N-dealkylation sites (tertiary alicyclic amines) is 1. The number of thiophene rings is 1. The number of aryl methyl sites for hydroxylation is 1. The van der Waals surface area contributed by atoms with Gasteiger partial charge < -0.3 is 14.2 Å². The smallest absolute Gasteiger partial charge is 0.230 e. The minimum Gasteiger partial charge on any atom is -0.378 e. The average Bonchev–Trinajstić information content (AvgIpc) is 3.25. The van der Waals surface area contributed by atoms with Gasteiger partial charge in [0, 0.05) is 36.4 Å². The lowest BCUT2D eigenvalue weighted by Gasteiger charge is -2.44. The number of hydrogen-bond acceptors (Lipinski definition) is 6. The molecule has 6 nitrogen and oxygen atoms in total. The number of hydrogen-bond donors (Lipinski definition) is 0. The zero-order chi connectivity index (χ0) is 16.5. The lowest BCUT2D eigenvalue weighted by atomic mass is 9.79. The molecule has 2 aromatic rings. The maximum absolute atomic E-state index is 12.6. The van der Waals surface area contributed by atoms with Crippen LogP contribution in [0.25, 0.3) is 0 Å². The summed E-state index contributed by atoms with van der Waals surface area (Å²) in [6, 6.07) is 4.01. The highest BCUT2D eigenvalue weighted by molar-refractivity contribution is 7.10. The molecule has 1 amide bonds. The second-order valence-corrected chi connectivity index (χ2v) is 7.56. The minimum atomic E-state index is 0.182. The van der Waals surface area contributed by atoms with E-state index >= 15 is 0 Å². The molecule has 0 spiro atoms. The number of piperidine rings is 1. The molecule has 4 heterocycles. The van der Waals surface area contributed by atoms with Gasteiger partial charge in [0.1, 0.15) is 0 Å². The number of ether oxygens (including phenoxy) is 1. The van der Waals surface area contributed by atoms with Crippen molar-refractivity contribution < 1.29 is 14.1 Å². The van der Waals surface area contributed by atoms with Crippen molar-refractivity contribution >= 4 is 17.2 Å². The first-order valence-corrected chi connectivity index (χ1v) is 9.30. The topological polar surface area (TPSA) is 68.5 Å². The average molecular weight is 347 g/mol. The fourth-order valence-electron chi connectivity index (χ4n) is 3.79. The number of carbonyl (C=O) groups is 1. The van der Waals surface area contributed by atoms with Gasteiger partial charge in [-0.1, -0.05) is 11.2 Å². The molecular formula is C17H21N3O3S. The van der Waals surface area contributed by atoms with Crippen LogP contribution in [0, 0.1) is 12.8 Å². The number of fused-ring (bicyclic) bond motifs is 1. The summed E-state index contributed by atoms with van der Waals surface area (Å²) in [5.74, 6) is 1.97. The fourth-order valence-corrected chi connectivity index (χ4v) is 4.48.